The summed E-state index contributed by atoms with van der Waals surface area (Å²) in [6, 6.07) is -0.294. The molecule has 100 valence electrons. The normalized spacial score (nSPS) is 13.8. The van der Waals surface area contributed by atoms with Crippen molar-refractivity contribution in [2.24, 2.45) is 11.8 Å². The molecular weight excluding hydrogens is 240 g/mol. The van der Waals surface area contributed by atoms with Gasteiger partial charge in [-0.15, -0.1) is 0 Å². The van der Waals surface area contributed by atoms with Crippen molar-refractivity contribution in [2.75, 3.05) is 25.1 Å². The van der Waals surface area contributed by atoms with Crippen LogP contribution < -0.4 is 10.6 Å². The van der Waals surface area contributed by atoms with Crippen molar-refractivity contribution < 1.29 is 14.7 Å². The second-order valence-corrected chi connectivity index (χ2v) is 5.01. The van der Waals surface area contributed by atoms with E-state index in [1.165, 1.54) is 0 Å². The predicted octanol–water partition coefficient (Wildman–Crippen LogP) is 1.40. The third-order valence-electron chi connectivity index (χ3n) is 2.41. The fourth-order valence-electron chi connectivity index (χ4n) is 1.30. The molecule has 0 saturated heterocycles. The highest BCUT2D eigenvalue weighted by molar-refractivity contribution is 7.98. The summed E-state index contributed by atoms with van der Waals surface area (Å²) < 4.78 is 0. The standard InChI is InChI=1S/C11H22N2O3S/c1-4-9(10(14)15)6-13-11(16)12-5-8(2)7-17-3/h8-9H,4-7H2,1-3H3,(H,14,15)(H2,12,13,16). The number of nitrogens with one attached hydrogen (secondary N) is 2. The Bertz CT molecular complexity index is 249. The number of hydrogen-bond donors (Lipinski definition) is 3. The quantitative estimate of drug-likeness (QED) is 0.618. The fraction of sp³-hybridized carbons (Fsp3) is 0.818. The molecule has 0 fully saturated rings. The molecule has 0 aliphatic carbocycles. The molecule has 0 bridgehead atoms. The van der Waals surface area contributed by atoms with Crippen molar-refractivity contribution in [1.82, 2.24) is 10.6 Å². The van der Waals surface area contributed by atoms with E-state index in [2.05, 4.69) is 17.6 Å². The number of amides is 2. The van der Waals surface area contributed by atoms with Crippen LogP contribution in [0.5, 0.6) is 0 Å². The molecule has 0 radical (unpaired) electrons. The third kappa shape index (κ3) is 7.90. The number of thioether (sulfide) groups is 1. The number of carboxylic acid groups (broad SMARTS) is 1. The van der Waals surface area contributed by atoms with Crippen LogP contribution in [0.1, 0.15) is 20.3 Å². The minimum absolute atomic E-state index is 0.175. The molecule has 17 heavy (non-hydrogen) atoms. The Balaban J connectivity index is 3.75. The summed E-state index contributed by atoms with van der Waals surface area (Å²) in [7, 11) is 0. The van der Waals surface area contributed by atoms with E-state index in [-0.39, 0.29) is 12.6 Å². The third-order valence-corrected chi connectivity index (χ3v) is 3.32. The molecule has 2 atom stereocenters. The molecule has 0 heterocycles. The van der Waals surface area contributed by atoms with Gasteiger partial charge in [-0.3, -0.25) is 4.79 Å². The number of rotatable bonds is 8. The fourth-order valence-corrected chi connectivity index (χ4v) is 1.98. The Morgan fingerprint density at radius 1 is 1.29 bits per heavy atom. The number of carbonyl (C=O) groups is 2. The van der Waals surface area contributed by atoms with Gasteiger partial charge in [0.05, 0.1) is 5.92 Å². The molecule has 0 aliphatic rings. The lowest BCUT2D eigenvalue weighted by Crippen LogP contribution is -2.41. The summed E-state index contributed by atoms with van der Waals surface area (Å²) in [5, 5.41) is 14.1. The number of urea groups is 1. The number of hydrogen-bond acceptors (Lipinski definition) is 3. The summed E-state index contributed by atoms with van der Waals surface area (Å²) in [5.41, 5.74) is 0. The minimum atomic E-state index is -0.872. The zero-order valence-corrected chi connectivity index (χ0v) is 11.5. The van der Waals surface area contributed by atoms with Gasteiger partial charge in [-0.1, -0.05) is 13.8 Å². The summed E-state index contributed by atoms with van der Waals surface area (Å²) in [5.74, 6) is 0.0256. The number of carboxylic acids is 1. The van der Waals surface area contributed by atoms with Crippen LogP contribution in [-0.2, 0) is 4.79 Å². The van der Waals surface area contributed by atoms with Gasteiger partial charge < -0.3 is 15.7 Å². The van der Waals surface area contributed by atoms with Gasteiger partial charge in [0.2, 0.25) is 0 Å². The molecule has 0 spiro atoms. The molecule has 0 aromatic heterocycles. The van der Waals surface area contributed by atoms with Gasteiger partial charge in [0, 0.05) is 13.1 Å². The minimum Gasteiger partial charge on any atom is -0.481 e. The van der Waals surface area contributed by atoms with Gasteiger partial charge in [-0.25, -0.2) is 4.79 Å². The lowest BCUT2D eigenvalue weighted by Gasteiger charge is -2.14. The van der Waals surface area contributed by atoms with Crippen molar-refractivity contribution >= 4 is 23.8 Å². The van der Waals surface area contributed by atoms with Crippen molar-refractivity contribution in [2.45, 2.75) is 20.3 Å². The van der Waals surface area contributed by atoms with E-state index in [0.29, 0.717) is 18.9 Å². The van der Waals surface area contributed by atoms with Crippen molar-refractivity contribution in [1.29, 1.82) is 0 Å². The smallest absolute Gasteiger partial charge is 0.314 e. The van der Waals surface area contributed by atoms with E-state index in [9.17, 15) is 9.59 Å². The molecule has 0 aromatic carbocycles. The Labute approximate surface area is 107 Å². The maximum Gasteiger partial charge on any atom is 0.314 e. The molecule has 0 saturated carbocycles. The summed E-state index contributed by atoms with van der Waals surface area (Å²) in [6.07, 6.45) is 2.54. The van der Waals surface area contributed by atoms with Crippen LogP contribution in [0.25, 0.3) is 0 Å². The zero-order chi connectivity index (χ0) is 13.3. The van der Waals surface area contributed by atoms with Gasteiger partial charge in [0.25, 0.3) is 0 Å². The van der Waals surface area contributed by atoms with Crippen LogP contribution in [0.3, 0.4) is 0 Å². The number of aliphatic carboxylic acids is 1. The van der Waals surface area contributed by atoms with Gasteiger partial charge in [-0.2, -0.15) is 11.8 Å². The van der Waals surface area contributed by atoms with E-state index in [1.807, 2.05) is 6.26 Å². The number of carbonyl (C=O) groups excluding carboxylic acids is 1. The highest BCUT2D eigenvalue weighted by Gasteiger charge is 2.15. The first-order valence-corrected chi connectivity index (χ1v) is 7.14. The van der Waals surface area contributed by atoms with Crippen LogP contribution >= 0.6 is 11.8 Å². The van der Waals surface area contributed by atoms with Gasteiger partial charge in [0.1, 0.15) is 0 Å². The SMILES string of the molecule is CCC(CNC(=O)NCC(C)CSC)C(=O)O. The first-order valence-electron chi connectivity index (χ1n) is 5.74. The Morgan fingerprint density at radius 2 is 1.88 bits per heavy atom. The Morgan fingerprint density at radius 3 is 2.35 bits per heavy atom. The Hall–Kier alpha value is -0.910. The molecule has 2 unspecified atom stereocenters. The average molecular weight is 262 g/mol. The molecule has 3 N–H and O–H groups in total. The van der Waals surface area contributed by atoms with Crippen LogP contribution in [0, 0.1) is 11.8 Å². The zero-order valence-electron chi connectivity index (χ0n) is 10.7. The van der Waals surface area contributed by atoms with Crippen molar-refractivity contribution in [3.63, 3.8) is 0 Å². The van der Waals surface area contributed by atoms with E-state index in [4.69, 9.17) is 5.11 Å². The molecule has 0 aromatic rings. The van der Waals surface area contributed by atoms with E-state index in [1.54, 1.807) is 18.7 Å². The lowest BCUT2D eigenvalue weighted by atomic mass is 10.1. The highest BCUT2D eigenvalue weighted by atomic mass is 32.2. The van der Waals surface area contributed by atoms with Crippen LogP contribution in [0.2, 0.25) is 0 Å². The van der Waals surface area contributed by atoms with Crippen LogP contribution in [0.4, 0.5) is 4.79 Å². The van der Waals surface area contributed by atoms with Gasteiger partial charge >= 0.3 is 12.0 Å². The van der Waals surface area contributed by atoms with Crippen LogP contribution in [-0.4, -0.2) is 42.2 Å². The second kappa shape index (κ2) is 9.15. The highest BCUT2D eigenvalue weighted by Crippen LogP contribution is 2.02. The first-order chi connectivity index (χ1) is 8.01. The van der Waals surface area contributed by atoms with E-state index in [0.717, 1.165) is 5.75 Å². The monoisotopic (exact) mass is 262 g/mol. The molecule has 0 aliphatic heterocycles. The average Bonchev–Trinajstić information content (AvgIpc) is 2.27. The van der Waals surface area contributed by atoms with Gasteiger partial charge in [-0.05, 0) is 24.3 Å². The van der Waals surface area contributed by atoms with Crippen LogP contribution in [0.15, 0.2) is 0 Å². The largest absolute Gasteiger partial charge is 0.481 e. The molecule has 5 nitrogen and oxygen atoms in total. The first kappa shape index (κ1) is 16.1. The van der Waals surface area contributed by atoms with Gasteiger partial charge in [0.15, 0.2) is 0 Å². The maximum absolute atomic E-state index is 11.4. The van der Waals surface area contributed by atoms with Crippen molar-refractivity contribution in [3.05, 3.63) is 0 Å². The lowest BCUT2D eigenvalue weighted by molar-refractivity contribution is -0.141. The van der Waals surface area contributed by atoms with Crippen molar-refractivity contribution in [3.8, 4) is 0 Å². The summed E-state index contributed by atoms with van der Waals surface area (Å²) in [4.78, 5) is 22.1. The molecule has 0 rings (SSSR count). The predicted molar refractivity (Wildman–Crippen MR) is 70.4 cm³/mol. The maximum atomic E-state index is 11.4. The Kier molecular flexibility index (Phi) is 8.66. The summed E-state index contributed by atoms with van der Waals surface area (Å²) in [6.45, 7) is 4.63. The summed E-state index contributed by atoms with van der Waals surface area (Å²) >= 11 is 1.74. The topological polar surface area (TPSA) is 78.4 Å². The van der Waals surface area contributed by atoms with E-state index >= 15 is 0 Å². The molecular formula is C11H22N2O3S. The molecule has 2 amide bonds. The second-order valence-electron chi connectivity index (χ2n) is 4.09. The molecule has 6 heteroatoms. The van der Waals surface area contributed by atoms with E-state index < -0.39 is 11.9 Å².